The van der Waals surface area contributed by atoms with Gasteiger partial charge in [0.2, 0.25) is 11.8 Å². The van der Waals surface area contributed by atoms with Gasteiger partial charge in [-0.2, -0.15) is 0 Å². The first-order valence-electron chi connectivity index (χ1n) is 12.4. The number of carbonyl (C=O) groups excluding carboxylic acids is 3. The lowest BCUT2D eigenvalue weighted by atomic mass is 9.98. The number of alkyl carbamates (subject to hydrolysis) is 1. The summed E-state index contributed by atoms with van der Waals surface area (Å²) in [5.41, 5.74) is 1.11. The van der Waals surface area contributed by atoms with Crippen LogP contribution in [0.1, 0.15) is 85.4 Å². The molecule has 2 rings (SSSR count). The van der Waals surface area contributed by atoms with Gasteiger partial charge in [-0.3, -0.25) is 9.59 Å². The Kier molecular flexibility index (Phi) is 9.15. The smallest absolute Gasteiger partial charge is 0.408 e. The standard InChI is InChI=1S/C27H43N3O4/c1-16(2)13-21(29-26(33)34-27(7,8)9)25(32)30(22-15-19(22)6)23(24(31)28-17(3)4)20-12-10-11-18(5)14-20/h10-12,14,16-17,19,21-23H,13,15H2,1-9H3,(H,28,31)(H,29,33). The summed E-state index contributed by atoms with van der Waals surface area (Å²) >= 11 is 0. The van der Waals surface area contributed by atoms with E-state index in [2.05, 4.69) is 17.6 Å². The minimum atomic E-state index is -0.790. The van der Waals surface area contributed by atoms with Gasteiger partial charge in [0.25, 0.3) is 0 Å². The SMILES string of the molecule is Cc1cccc(C(C(=O)NC(C)C)N(C(=O)C(CC(C)C)NC(=O)OC(C)(C)C)C2CC2C)c1. The number of benzene rings is 1. The Hall–Kier alpha value is -2.57. The van der Waals surface area contributed by atoms with Gasteiger partial charge in [0.15, 0.2) is 0 Å². The number of hydrogen-bond donors (Lipinski definition) is 2. The molecule has 0 spiro atoms. The van der Waals surface area contributed by atoms with Crippen molar-refractivity contribution in [3.05, 3.63) is 35.4 Å². The maximum Gasteiger partial charge on any atom is 0.408 e. The Labute approximate surface area is 205 Å². The van der Waals surface area contributed by atoms with Crippen LogP contribution in [0.3, 0.4) is 0 Å². The van der Waals surface area contributed by atoms with E-state index in [1.54, 1.807) is 25.7 Å². The molecule has 0 aliphatic heterocycles. The molecule has 1 saturated carbocycles. The van der Waals surface area contributed by atoms with Crippen molar-refractivity contribution in [2.24, 2.45) is 11.8 Å². The monoisotopic (exact) mass is 473 g/mol. The van der Waals surface area contributed by atoms with Crippen LogP contribution < -0.4 is 10.6 Å². The van der Waals surface area contributed by atoms with Crippen LogP contribution in [0.2, 0.25) is 0 Å². The molecule has 1 aromatic rings. The Morgan fingerprint density at radius 1 is 1.12 bits per heavy atom. The molecule has 7 heteroatoms. The molecule has 190 valence electrons. The second-order valence-corrected chi connectivity index (χ2v) is 11.3. The molecule has 1 fully saturated rings. The van der Waals surface area contributed by atoms with Crippen LogP contribution in [0.5, 0.6) is 0 Å². The Morgan fingerprint density at radius 3 is 2.21 bits per heavy atom. The topological polar surface area (TPSA) is 87.7 Å². The summed E-state index contributed by atoms with van der Waals surface area (Å²) in [4.78, 5) is 41.9. The van der Waals surface area contributed by atoms with Gasteiger partial charge in [-0.05, 0) is 71.8 Å². The highest BCUT2D eigenvalue weighted by atomic mass is 16.6. The molecule has 1 aromatic carbocycles. The molecule has 0 radical (unpaired) electrons. The zero-order chi connectivity index (χ0) is 25.8. The number of rotatable bonds is 9. The molecular formula is C27H43N3O4. The molecule has 0 aromatic heterocycles. The first-order chi connectivity index (χ1) is 15.7. The Morgan fingerprint density at radius 2 is 1.74 bits per heavy atom. The zero-order valence-corrected chi connectivity index (χ0v) is 22.3. The predicted octanol–water partition coefficient (Wildman–Crippen LogP) is 4.74. The summed E-state index contributed by atoms with van der Waals surface area (Å²) < 4.78 is 5.44. The number of amides is 3. The average Bonchev–Trinajstić information content (AvgIpc) is 3.38. The van der Waals surface area contributed by atoms with Crippen LogP contribution in [-0.4, -0.2) is 46.5 Å². The fraction of sp³-hybridized carbons (Fsp3) is 0.667. The Bertz CT molecular complexity index is 875. The molecule has 0 heterocycles. The number of nitrogens with one attached hydrogen (secondary N) is 2. The van der Waals surface area contributed by atoms with Gasteiger partial charge in [0.1, 0.15) is 17.7 Å². The van der Waals surface area contributed by atoms with E-state index in [1.807, 2.05) is 58.9 Å². The second kappa shape index (κ2) is 11.2. The molecule has 0 bridgehead atoms. The number of carbonyl (C=O) groups is 3. The van der Waals surface area contributed by atoms with Crippen LogP contribution in [0.25, 0.3) is 0 Å². The van der Waals surface area contributed by atoms with Crippen molar-refractivity contribution in [1.29, 1.82) is 0 Å². The normalized spacial score (nSPS) is 19.4. The Balaban J connectivity index is 2.48. The van der Waals surface area contributed by atoms with Gasteiger partial charge in [-0.25, -0.2) is 4.79 Å². The number of ether oxygens (including phenoxy) is 1. The first-order valence-corrected chi connectivity index (χ1v) is 12.4. The van der Waals surface area contributed by atoms with E-state index < -0.39 is 23.8 Å². The van der Waals surface area contributed by atoms with E-state index >= 15 is 0 Å². The molecule has 1 aliphatic carbocycles. The van der Waals surface area contributed by atoms with Crippen molar-refractivity contribution >= 4 is 17.9 Å². The molecule has 4 atom stereocenters. The lowest BCUT2D eigenvalue weighted by Crippen LogP contribution is -2.54. The third kappa shape index (κ3) is 8.03. The highest BCUT2D eigenvalue weighted by molar-refractivity contribution is 5.92. The quantitative estimate of drug-likeness (QED) is 0.542. The fourth-order valence-electron chi connectivity index (χ4n) is 4.14. The fourth-order valence-corrected chi connectivity index (χ4v) is 4.14. The zero-order valence-electron chi connectivity index (χ0n) is 22.3. The molecule has 4 unspecified atom stereocenters. The predicted molar refractivity (Wildman–Crippen MR) is 134 cm³/mol. The molecule has 2 N–H and O–H groups in total. The number of aryl methyl sites for hydroxylation is 1. The first kappa shape index (κ1) is 27.7. The van der Waals surface area contributed by atoms with Crippen LogP contribution in [0, 0.1) is 18.8 Å². The maximum atomic E-state index is 14.1. The molecule has 1 aliphatic rings. The van der Waals surface area contributed by atoms with E-state index in [9.17, 15) is 14.4 Å². The van der Waals surface area contributed by atoms with Crippen molar-refractivity contribution in [1.82, 2.24) is 15.5 Å². The highest BCUT2D eigenvalue weighted by Gasteiger charge is 2.48. The lowest BCUT2D eigenvalue weighted by molar-refractivity contribution is -0.144. The van der Waals surface area contributed by atoms with Crippen LogP contribution in [0.4, 0.5) is 4.79 Å². The molecule has 7 nitrogen and oxygen atoms in total. The van der Waals surface area contributed by atoms with Crippen molar-refractivity contribution < 1.29 is 19.1 Å². The van der Waals surface area contributed by atoms with E-state index in [0.29, 0.717) is 6.42 Å². The summed E-state index contributed by atoms with van der Waals surface area (Å²) in [7, 11) is 0. The van der Waals surface area contributed by atoms with Gasteiger partial charge in [0, 0.05) is 12.1 Å². The van der Waals surface area contributed by atoms with Crippen molar-refractivity contribution in [2.45, 2.75) is 105 Å². The summed E-state index contributed by atoms with van der Waals surface area (Å²) in [6, 6.07) is 6.02. The van der Waals surface area contributed by atoms with Crippen molar-refractivity contribution in [3.63, 3.8) is 0 Å². The van der Waals surface area contributed by atoms with Gasteiger partial charge >= 0.3 is 6.09 Å². The number of nitrogens with zero attached hydrogens (tertiary/aromatic N) is 1. The summed E-state index contributed by atoms with van der Waals surface area (Å²) in [5, 5.41) is 5.80. The molecular weight excluding hydrogens is 430 g/mol. The third-order valence-electron chi connectivity index (χ3n) is 5.69. The average molecular weight is 474 g/mol. The largest absolute Gasteiger partial charge is 0.444 e. The van der Waals surface area contributed by atoms with Gasteiger partial charge in [0.05, 0.1) is 0 Å². The van der Waals surface area contributed by atoms with Crippen molar-refractivity contribution in [3.8, 4) is 0 Å². The third-order valence-corrected chi connectivity index (χ3v) is 5.69. The van der Waals surface area contributed by atoms with Gasteiger partial charge in [-0.15, -0.1) is 0 Å². The molecule has 0 saturated heterocycles. The van der Waals surface area contributed by atoms with E-state index in [1.165, 1.54) is 0 Å². The van der Waals surface area contributed by atoms with E-state index in [-0.39, 0.29) is 35.7 Å². The van der Waals surface area contributed by atoms with Crippen LogP contribution >= 0.6 is 0 Å². The maximum absolute atomic E-state index is 14.1. The minimum Gasteiger partial charge on any atom is -0.444 e. The van der Waals surface area contributed by atoms with Crippen LogP contribution in [0.15, 0.2) is 24.3 Å². The lowest BCUT2D eigenvalue weighted by Gasteiger charge is -2.36. The highest BCUT2D eigenvalue weighted by Crippen LogP contribution is 2.41. The molecule has 34 heavy (non-hydrogen) atoms. The number of hydrogen-bond acceptors (Lipinski definition) is 4. The van der Waals surface area contributed by atoms with Gasteiger partial charge < -0.3 is 20.3 Å². The summed E-state index contributed by atoms with van der Waals surface area (Å²) in [5.74, 6) is -0.0263. The molecule has 3 amide bonds. The van der Waals surface area contributed by atoms with E-state index in [4.69, 9.17) is 4.74 Å². The van der Waals surface area contributed by atoms with Crippen molar-refractivity contribution in [2.75, 3.05) is 0 Å². The second-order valence-electron chi connectivity index (χ2n) is 11.3. The minimum absolute atomic E-state index is 0.0639. The summed E-state index contributed by atoms with van der Waals surface area (Å²) in [6.07, 6.45) is 0.639. The van der Waals surface area contributed by atoms with Gasteiger partial charge in [-0.1, -0.05) is 50.6 Å². The summed E-state index contributed by atoms with van der Waals surface area (Å²) in [6.45, 7) is 17.2. The van der Waals surface area contributed by atoms with E-state index in [0.717, 1.165) is 17.5 Å². The van der Waals surface area contributed by atoms with Crippen LogP contribution in [-0.2, 0) is 14.3 Å².